The molecule has 1 amide bonds. The molecule has 1 N–H and O–H groups in total. The number of hydrogen-bond acceptors (Lipinski definition) is 5. The summed E-state index contributed by atoms with van der Waals surface area (Å²) in [7, 11) is 1.43. The van der Waals surface area contributed by atoms with E-state index in [-0.39, 0.29) is 17.8 Å². The zero-order valence-electron chi connectivity index (χ0n) is 12.9. The Kier molecular flexibility index (Phi) is 5.75. The van der Waals surface area contributed by atoms with Crippen molar-refractivity contribution >= 4 is 11.8 Å². The van der Waals surface area contributed by atoms with Crippen LogP contribution in [0.5, 0.6) is 5.75 Å². The predicted octanol–water partition coefficient (Wildman–Crippen LogP) is 2.48. The largest absolute Gasteiger partial charge is 0.497 e. The first-order valence-electron chi connectivity index (χ1n) is 6.51. The van der Waals surface area contributed by atoms with Gasteiger partial charge in [-0.15, -0.1) is 0 Å². The summed E-state index contributed by atoms with van der Waals surface area (Å²) in [6, 6.07) is 4.38. The van der Waals surface area contributed by atoms with Crippen molar-refractivity contribution in [2.24, 2.45) is 0 Å². The molecular formula is C15H18N2O5. The number of hydrogen-bond donors (Lipinski definition) is 1. The van der Waals surface area contributed by atoms with Crippen molar-refractivity contribution in [1.82, 2.24) is 5.32 Å². The number of nitro groups is 1. The first-order valence-corrected chi connectivity index (χ1v) is 6.51. The highest BCUT2D eigenvalue weighted by atomic mass is 16.6. The lowest BCUT2D eigenvalue weighted by Crippen LogP contribution is -2.32. The monoisotopic (exact) mass is 306 g/mol. The average Bonchev–Trinajstić information content (AvgIpc) is 2.41. The van der Waals surface area contributed by atoms with E-state index in [1.807, 2.05) is 0 Å². The van der Waals surface area contributed by atoms with Crippen molar-refractivity contribution in [3.8, 4) is 17.6 Å². The van der Waals surface area contributed by atoms with Gasteiger partial charge in [0.25, 0.3) is 5.69 Å². The summed E-state index contributed by atoms with van der Waals surface area (Å²) in [5.74, 6) is 5.67. The summed E-state index contributed by atoms with van der Waals surface area (Å²) >= 11 is 0. The molecule has 7 nitrogen and oxygen atoms in total. The van der Waals surface area contributed by atoms with Crippen molar-refractivity contribution in [3.05, 3.63) is 33.9 Å². The quantitative estimate of drug-likeness (QED) is 0.526. The summed E-state index contributed by atoms with van der Waals surface area (Å²) in [6.45, 7) is 5.27. The Morgan fingerprint density at radius 2 is 2.09 bits per heavy atom. The minimum absolute atomic E-state index is 0.0259. The summed E-state index contributed by atoms with van der Waals surface area (Å²) in [6.07, 6.45) is -0.592. The molecule has 1 aromatic carbocycles. The van der Waals surface area contributed by atoms with E-state index in [9.17, 15) is 14.9 Å². The fourth-order valence-corrected chi connectivity index (χ4v) is 1.47. The van der Waals surface area contributed by atoms with Crippen LogP contribution < -0.4 is 10.1 Å². The Balaban J connectivity index is 2.72. The van der Waals surface area contributed by atoms with Crippen LogP contribution in [0.25, 0.3) is 0 Å². The SMILES string of the molecule is COc1ccc(C#CCNC(=O)OC(C)(C)C)c([N+](=O)[O-])c1. The lowest BCUT2D eigenvalue weighted by atomic mass is 10.2. The normalized spacial score (nSPS) is 10.2. The highest BCUT2D eigenvalue weighted by molar-refractivity contribution is 5.68. The van der Waals surface area contributed by atoms with E-state index in [0.29, 0.717) is 5.75 Å². The second-order valence-corrected chi connectivity index (χ2v) is 5.30. The maximum atomic E-state index is 11.4. The van der Waals surface area contributed by atoms with Gasteiger partial charge in [0.15, 0.2) is 0 Å². The number of nitrogens with zero attached hydrogens (tertiary/aromatic N) is 1. The highest BCUT2D eigenvalue weighted by Gasteiger charge is 2.15. The maximum absolute atomic E-state index is 11.4. The molecule has 0 radical (unpaired) electrons. The molecule has 0 heterocycles. The summed E-state index contributed by atoms with van der Waals surface area (Å²) < 4.78 is 9.98. The van der Waals surface area contributed by atoms with Gasteiger partial charge in [0.2, 0.25) is 0 Å². The van der Waals surface area contributed by atoms with Crippen molar-refractivity contribution in [3.63, 3.8) is 0 Å². The minimum Gasteiger partial charge on any atom is -0.497 e. The van der Waals surface area contributed by atoms with Crippen LogP contribution in [0.4, 0.5) is 10.5 Å². The van der Waals surface area contributed by atoms with E-state index in [2.05, 4.69) is 17.2 Å². The second kappa shape index (κ2) is 7.31. The molecule has 22 heavy (non-hydrogen) atoms. The lowest BCUT2D eigenvalue weighted by molar-refractivity contribution is -0.385. The third-order valence-electron chi connectivity index (χ3n) is 2.34. The number of carbonyl (C=O) groups excluding carboxylic acids is 1. The molecule has 0 spiro atoms. The lowest BCUT2D eigenvalue weighted by Gasteiger charge is -2.18. The molecule has 1 rings (SSSR count). The second-order valence-electron chi connectivity index (χ2n) is 5.30. The molecule has 0 saturated carbocycles. The predicted molar refractivity (Wildman–Crippen MR) is 80.8 cm³/mol. The topological polar surface area (TPSA) is 90.7 Å². The number of carbonyl (C=O) groups is 1. The molecule has 0 unspecified atom stereocenters. The zero-order valence-corrected chi connectivity index (χ0v) is 12.9. The minimum atomic E-state index is -0.592. The summed E-state index contributed by atoms with van der Waals surface area (Å²) in [5.41, 5.74) is -0.493. The summed E-state index contributed by atoms with van der Waals surface area (Å²) in [4.78, 5) is 21.8. The Morgan fingerprint density at radius 1 is 1.41 bits per heavy atom. The van der Waals surface area contributed by atoms with Crippen LogP contribution in [0.2, 0.25) is 0 Å². The summed E-state index contributed by atoms with van der Waals surface area (Å²) in [5, 5.41) is 13.4. The Bertz CT molecular complexity index is 623. The van der Waals surface area contributed by atoms with Crippen molar-refractivity contribution in [2.45, 2.75) is 26.4 Å². The molecule has 0 aliphatic carbocycles. The molecule has 0 bridgehead atoms. The van der Waals surface area contributed by atoms with Gasteiger partial charge in [0, 0.05) is 0 Å². The van der Waals surface area contributed by atoms with Crippen LogP contribution in [0, 0.1) is 22.0 Å². The standard InChI is InChI=1S/C15H18N2O5/c1-15(2,3)22-14(18)16-9-5-6-11-7-8-12(21-4)10-13(11)17(19)20/h7-8,10H,9H2,1-4H3,(H,16,18). The molecule has 0 atom stereocenters. The van der Waals surface area contributed by atoms with E-state index < -0.39 is 16.6 Å². The maximum Gasteiger partial charge on any atom is 0.408 e. The Morgan fingerprint density at radius 3 is 2.64 bits per heavy atom. The molecule has 1 aromatic rings. The fourth-order valence-electron chi connectivity index (χ4n) is 1.47. The molecular weight excluding hydrogens is 288 g/mol. The van der Waals surface area contributed by atoms with Gasteiger partial charge in [0.1, 0.15) is 16.9 Å². The van der Waals surface area contributed by atoms with Gasteiger partial charge in [-0.1, -0.05) is 11.8 Å². The molecule has 0 aliphatic heterocycles. The van der Waals surface area contributed by atoms with Gasteiger partial charge >= 0.3 is 6.09 Å². The van der Waals surface area contributed by atoms with Gasteiger partial charge in [-0.2, -0.15) is 0 Å². The van der Waals surface area contributed by atoms with Gasteiger partial charge in [-0.05, 0) is 32.9 Å². The van der Waals surface area contributed by atoms with E-state index in [0.717, 1.165) is 0 Å². The Labute approximate surface area is 128 Å². The average molecular weight is 306 g/mol. The number of methoxy groups -OCH3 is 1. The molecule has 0 aromatic heterocycles. The van der Waals surface area contributed by atoms with E-state index in [4.69, 9.17) is 9.47 Å². The number of alkyl carbamates (subject to hydrolysis) is 1. The number of rotatable bonds is 3. The molecule has 0 aliphatic rings. The number of amides is 1. The highest BCUT2D eigenvalue weighted by Crippen LogP contribution is 2.23. The van der Waals surface area contributed by atoms with Gasteiger partial charge < -0.3 is 14.8 Å². The zero-order chi connectivity index (χ0) is 16.8. The third kappa shape index (κ3) is 5.71. The number of nitrogens with one attached hydrogen (secondary N) is 1. The van der Waals surface area contributed by atoms with Crippen LogP contribution in [0.15, 0.2) is 18.2 Å². The van der Waals surface area contributed by atoms with E-state index >= 15 is 0 Å². The van der Waals surface area contributed by atoms with Gasteiger partial charge in [-0.25, -0.2) is 4.79 Å². The number of ether oxygens (including phenoxy) is 2. The molecule has 0 saturated heterocycles. The molecule has 0 fully saturated rings. The van der Waals surface area contributed by atoms with Crippen LogP contribution in [0.1, 0.15) is 26.3 Å². The van der Waals surface area contributed by atoms with E-state index in [1.165, 1.54) is 19.2 Å². The van der Waals surface area contributed by atoms with Gasteiger partial charge in [-0.3, -0.25) is 10.1 Å². The van der Waals surface area contributed by atoms with Crippen LogP contribution >= 0.6 is 0 Å². The fraction of sp³-hybridized carbons (Fsp3) is 0.400. The van der Waals surface area contributed by atoms with Crippen molar-refractivity contribution < 1.29 is 19.2 Å². The van der Waals surface area contributed by atoms with Gasteiger partial charge in [0.05, 0.1) is 24.6 Å². The molecule has 7 heteroatoms. The smallest absolute Gasteiger partial charge is 0.408 e. The number of benzene rings is 1. The van der Waals surface area contributed by atoms with E-state index in [1.54, 1.807) is 26.8 Å². The van der Waals surface area contributed by atoms with Crippen molar-refractivity contribution in [1.29, 1.82) is 0 Å². The molecule has 118 valence electrons. The number of nitro benzene ring substituents is 1. The first kappa shape index (κ1) is 17.3. The third-order valence-corrected chi connectivity index (χ3v) is 2.34. The van der Waals surface area contributed by atoms with Crippen LogP contribution in [0.3, 0.4) is 0 Å². The Hall–Kier alpha value is -2.75. The van der Waals surface area contributed by atoms with Crippen LogP contribution in [-0.4, -0.2) is 30.3 Å². The first-order chi connectivity index (χ1) is 10.2. The van der Waals surface area contributed by atoms with Crippen LogP contribution in [-0.2, 0) is 4.74 Å². The van der Waals surface area contributed by atoms with Crippen molar-refractivity contribution in [2.75, 3.05) is 13.7 Å².